The Morgan fingerprint density at radius 1 is 0.266 bits per heavy atom. The van der Waals surface area contributed by atoms with Gasteiger partial charge < -0.3 is 14.2 Å². The molecule has 0 saturated heterocycles. The summed E-state index contributed by atoms with van der Waals surface area (Å²) >= 11 is 0. The van der Waals surface area contributed by atoms with Gasteiger partial charge in [-0.3, -0.25) is 14.4 Å². The maximum absolute atomic E-state index is 13.0. The molecule has 0 heterocycles. The van der Waals surface area contributed by atoms with E-state index in [1.165, 1.54) is 231 Å². The van der Waals surface area contributed by atoms with Gasteiger partial charge in [0, 0.05) is 19.3 Å². The monoisotopic (exact) mass is 1110 g/mol. The largest absolute Gasteiger partial charge is 0.462 e. The average Bonchev–Trinajstić information content (AvgIpc) is 3.45. The van der Waals surface area contributed by atoms with Crippen LogP contribution in [0.15, 0.2) is 60.8 Å². The number of unbranched alkanes of at least 4 members (excludes halogenated alkanes) is 43. The summed E-state index contributed by atoms with van der Waals surface area (Å²) in [6.45, 7) is 6.57. The van der Waals surface area contributed by atoms with E-state index in [4.69, 9.17) is 14.2 Å². The molecule has 0 rings (SSSR count). The topological polar surface area (TPSA) is 78.9 Å². The second kappa shape index (κ2) is 67.6. The minimum atomic E-state index is -0.783. The van der Waals surface area contributed by atoms with E-state index in [1.54, 1.807) is 0 Å². The van der Waals surface area contributed by atoms with E-state index in [9.17, 15) is 14.4 Å². The highest BCUT2D eigenvalue weighted by Gasteiger charge is 2.19. The lowest BCUT2D eigenvalue weighted by atomic mass is 10.0. The SMILES string of the molecule is CC/C=C\C/C=C\C/C=C\CCCCCCCC(=O)OCC(COC(=O)CCCCCCCCCCCCC/C=C\CCCCCCCCCC)OC(=O)CCCCCCCCCCCCC/C=C\CCCCCCCCCC. The molecule has 0 bridgehead atoms. The third kappa shape index (κ3) is 65.8. The number of ether oxygens (including phenoxy) is 3. The Morgan fingerprint density at radius 3 is 0.785 bits per heavy atom. The fourth-order valence-corrected chi connectivity index (χ4v) is 10.3. The highest BCUT2D eigenvalue weighted by atomic mass is 16.6. The van der Waals surface area contributed by atoms with Gasteiger partial charge >= 0.3 is 17.9 Å². The standard InChI is InChI=1S/C73H132O6/c1-4-7-10-13-16-19-22-25-28-30-32-34-36-38-40-42-45-48-51-54-57-60-63-66-72(75)78-69-70(68-77-71(74)65-62-59-56-53-50-47-44-27-24-21-18-15-12-9-6-3)79-73(76)67-64-61-58-55-52-49-46-43-41-39-37-35-33-31-29-26-23-20-17-14-11-8-5-2/h9,12,18,21,27,30-33,44,70H,4-8,10-11,13-17,19-20,22-26,28-29,34-43,45-69H2,1-3H3/b12-9-,21-18-,32-30-,33-31-,44-27-. The Hall–Kier alpha value is -2.89. The first-order chi connectivity index (χ1) is 39.0. The van der Waals surface area contributed by atoms with Crippen LogP contribution >= 0.6 is 0 Å². The van der Waals surface area contributed by atoms with Crippen LogP contribution < -0.4 is 0 Å². The maximum atomic E-state index is 13.0. The molecule has 0 saturated carbocycles. The molecule has 460 valence electrons. The van der Waals surface area contributed by atoms with Crippen LogP contribution in [-0.2, 0) is 28.6 Å². The number of carbonyl (C=O) groups is 3. The zero-order valence-electron chi connectivity index (χ0n) is 52.9. The lowest BCUT2D eigenvalue weighted by molar-refractivity contribution is -0.167. The number of allylic oxidation sites excluding steroid dienone is 10. The van der Waals surface area contributed by atoms with Gasteiger partial charge in [0.2, 0.25) is 0 Å². The van der Waals surface area contributed by atoms with Crippen LogP contribution in [0.5, 0.6) is 0 Å². The smallest absolute Gasteiger partial charge is 0.306 e. The highest BCUT2D eigenvalue weighted by Crippen LogP contribution is 2.17. The van der Waals surface area contributed by atoms with Crippen molar-refractivity contribution in [2.45, 2.75) is 374 Å². The number of carbonyl (C=O) groups excluding carboxylic acids is 3. The molecule has 1 unspecified atom stereocenters. The fraction of sp³-hybridized carbons (Fsp3) is 0.822. The van der Waals surface area contributed by atoms with Crippen LogP contribution in [0.1, 0.15) is 367 Å². The molecule has 0 aliphatic carbocycles. The number of rotatable bonds is 64. The Morgan fingerprint density at radius 2 is 0.494 bits per heavy atom. The molecule has 0 N–H and O–H groups in total. The first kappa shape index (κ1) is 76.1. The molecule has 0 fully saturated rings. The number of hydrogen-bond donors (Lipinski definition) is 0. The van der Waals surface area contributed by atoms with E-state index in [2.05, 4.69) is 81.5 Å². The third-order valence-electron chi connectivity index (χ3n) is 15.5. The molecule has 6 nitrogen and oxygen atoms in total. The molecule has 0 aliphatic rings. The Kier molecular flexibility index (Phi) is 65.1. The van der Waals surface area contributed by atoms with Gasteiger partial charge in [-0.1, -0.05) is 306 Å². The van der Waals surface area contributed by atoms with Crippen molar-refractivity contribution in [3.63, 3.8) is 0 Å². The Bertz CT molecular complexity index is 1410. The van der Waals surface area contributed by atoms with E-state index < -0.39 is 6.10 Å². The molecular weight excluding hydrogens is 973 g/mol. The zero-order valence-corrected chi connectivity index (χ0v) is 52.9. The quantitative estimate of drug-likeness (QED) is 0.0261. The normalized spacial score (nSPS) is 12.4. The minimum absolute atomic E-state index is 0.0780. The van der Waals surface area contributed by atoms with E-state index >= 15 is 0 Å². The van der Waals surface area contributed by atoms with Gasteiger partial charge in [-0.25, -0.2) is 0 Å². The molecule has 0 aromatic carbocycles. The van der Waals surface area contributed by atoms with Gasteiger partial charge in [-0.2, -0.15) is 0 Å². The molecular formula is C73H132O6. The van der Waals surface area contributed by atoms with Crippen LogP contribution in [0, 0.1) is 0 Å². The van der Waals surface area contributed by atoms with Crippen LogP contribution in [0.4, 0.5) is 0 Å². The summed E-state index contributed by atoms with van der Waals surface area (Å²) in [5.41, 5.74) is 0. The lowest BCUT2D eigenvalue weighted by Crippen LogP contribution is -2.30. The average molecular weight is 1110 g/mol. The molecule has 0 amide bonds. The summed E-state index contributed by atoms with van der Waals surface area (Å²) < 4.78 is 17.0. The van der Waals surface area contributed by atoms with E-state index in [-0.39, 0.29) is 31.1 Å². The molecule has 1 atom stereocenters. The predicted octanol–water partition coefficient (Wildman–Crippen LogP) is 23.9. The van der Waals surface area contributed by atoms with E-state index in [0.29, 0.717) is 19.3 Å². The molecule has 0 aromatic rings. The van der Waals surface area contributed by atoms with Crippen LogP contribution in [-0.4, -0.2) is 37.2 Å². The maximum Gasteiger partial charge on any atom is 0.306 e. The lowest BCUT2D eigenvalue weighted by Gasteiger charge is -2.18. The van der Waals surface area contributed by atoms with Crippen molar-refractivity contribution in [3.05, 3.63) is 60.8 Å². The zero-order chi connectivity index (χ0) is 57.1. The summed E-state index contributed by atoms with van der Waals surface area (Å²) in [5.74, 6) is -0.876. The van der Waals surface area contributed by atoms with Gasteiger partial charge in [0.25, 0.3) is 0 Å². The first-order valence-electron chi connectivity index (χ1n) is 34.8. The molecule has 6 heteroatoms. The van der Waals surface area contributed by atoms with Crippen molar-refractivity contribution < 1.29 is 28.6 Å². The van der Waals surface area contributed by atoms with Crippen molar-refractivity contribution >= 4 is 17.9 Å². The Labute approximate surface area is 491 Å². The van der Waals surface area contributed by atoms with Crippen molar-refractivity contribution in [1.82, 2.24) is 0 Å². The summed E-state index contributed by atoms with van der Waals surface area (Å²) in [5, 5.41) is 0. The second-order valence-electron chi connectivity index (χ2n) is 23.4. The van der Waals surface area contributed by atoms with Crippen LogP contribution in [0.25, 0.3) is 0 Å². The fourth-order valence-electron chi connectivity index (χ4n) is 10.3. The summed E-state index contributed by atoms with van der Waals surface area (Å²) in [6.07, 6.45) is 86.7. The van der Waals surface area contributed by atoms with Crippen LogP contribution in [0.3, 0.4) is 0 Å². The Balaban J connectivity index is 4.31. The summed E-state index contributed by atoms with van der Waals surface area (Å²) in [6, 6.07) is 0. The molecule has 0 radical (unpaired) electrons. The second-order valence-corrected chi connectivity index (χ2v) is 23.4. The third-order valence-corrected chi connectivity index (χ3v) is 15.5. The van der Waals surface area contributed by atoms with E-state index in [0.717, 1.165) is 96.3 Å². The molecule has 0 spiro atoms. The van der Waals surface area contributed by atoms with Crippen molar-refractivity contribution in [2.75, 3.05) is 13.2 Å². The summed E-state index contributed by atoms with van der Waals surface area (Å²) in [4.78, 5) is 38.4. The van der Waals surface area contributed by atoms with Crippen molar-refractivity contribution in [3.8, 4) is 0 Å². The number of hydrogen-bond acceptors (Lipinski definition) is 6. The van der Waals surface area contributed by atoms with Gasteiger partial charge in [-0.15, -0.1) is 0 Å². The molecule has 0 aliphatic heterocycles. The summed E-state index contributed by atoms with van der Waals surface area (Å²) in [7, 11) is 0. The predicted molar refractivity (Wildman–Crippen MR) is 344 cm³/mol. The highest BCUT2D eigenvalue weighted by molar-refractivity contribution is 5.71. The van der Waals surface area contributed by atoms with Crippen molar-refractivity contribution in [2.24, 2.45) is 0 Å². The first-order valence-corrected chi connectivity index (χ1v) is 34.8. The minimum Gasteiger partial charge on any atom is -0.462 e. The molecule has 0 aromatic heterocycles. The van der Waals surface area contributed by atoms with Crippen molar-refractivity contribution in [1.29, 1.82) is 0 Å². The van der Waals surface area contributed by atoms with Crippen LogP contribution in [0.2, 0.25) is 0 Å². The van der Waals surface area contributed by atoms with E-state index in [1.807, 2.05) is 0 Å². The number of esters is 3. The van der Waals surface area contributed by atoms with Gasteiger partial charge in [0.15, 0.2) is 6.10 Å². The van der Waals surface area contributed by atoms with Gasteiger partial charge in [0.1, 0.15) is 13.2 Å². The molecule has 79 heavy (non-hydrogen) atoms. The van der Waals surface area contributed by atoms with Gasteiger partial charge in [-0.05, 0) is 103 Å². The van der Waals surface area contributed by atoms with Gasteiger partial charge in [0.05, 0.1) is 0 Å².